The topological polar surface area (TPSA) is 44.3 Å². The van der Waals surface area contributed by atoms with Crippen LogP contribution < -0.4 is 10.2 Å². The summed E-state index contributed by atoms with van der Waals surface area (Å²) in [4.78, 5) is 15.3. The highest BCUT2D eigenvalue weighted by atomic mass is 32.1. The normalized spacial score (nSPS) is 20.1. The molecule has 1 saturated heterocycles. The van der Waals surface area contributed by atoms with Crippen LogP contribution in [0, 0.1) is 0 Å². The summed E-state index contributed by atoms with van der Waals surface area (Å²) in [7, 11) is 2.19. The molecule has 0 aromatic carbocycles. The second kappa shape index (κ2) is 6.15. The van der Waals surface area contributed by atoms with Crippen molar-refractivity contribution in [3.8, 4) is 0 Å². The van der Waals surface area contributed by atoms with Crippen molar-refractivity contribution in [2.24, 2.45) is 0 Å². The summed E-state index contributed by atoms with van der Waals surface area (Å²) < 4.78 is 0. The van der Waals surface area contributed by atoms with Gasteiger partial charge in [-0.05, 0) is 31.8 Å². The van der Waals surface area contributed by atoms with Gasteiger partial charge in [0.05, 0.1) is 5.39 Å². The van der Waals surface area contributed by atoms with Crippen molar-refractivity contribution in [2.75, 3.05) is 43.4 Å². The number of nitrogens with one attached hydrogen (secondary N) is 1. The summed E-state index contributed by atoms with van der Waals surface area (Å²) in [5.41, 5.74) is 0. The Kier molecular flexibility index (Phi) is 4.26. The van der Waals surface area contributed by atoms with Crippen molar-refractivity contribution in [3.05, 3.63) is 11.4 Å². The minimum absolute atomic E-state index is 0.550. The zero-order valence-corrected chi connectivity index (χ0v) is 13.8. The van der Waals surface area contributed by atoms with Crippen molar-refractivity contribution in [3.63, 3.8) is 0 Å². The van der Waals surface area contributed by atoms with E-state index >= 15 is 0 Å². The molecule has 21 heavy (non-hydrogen) atoms. The van der Waals surface area contributed by atoms with Crippen LogP contribution in [0.3, 0.4) is 0 Å². The molecular weight excluding hydrogens is 282 g/mol. The molecule has 3 rings (SSSR count). The van der Waals surface area contributed by atoms with E-state index in [4.69, 9.17) is 4.98 Å². The Morgan fingerprint density at radius 1 is 1.38 bits per heavy atom. The van der Waals surface area contributed by atoms with Gasteiger partial charge >= 0.3 is 0 Å². The third-order valence-electron chi connectivity index (χ3n) is 4.10. The molecule has 114 valence electrons. The second-order valence-corrected chi connectivity index (χ2v) is 6.61. The van der Waals surface area contributed by atoms with Gasteiger partial charge in [0.2, 0.25) is 5.95 Å². The molecule has 0 spiro atoms. The molecule has 2 aromatic rings. The summed E-state index contributed by atoms with van der Waals surface area (Å²) in [5, 5.41) is 6.61. The quantitative estimate of drug-likeness (QED) is 0.941. The monoisotopic (exact) mass is 305 g/mol. The lowest BCUT2D eigenvalue weighted by Crippen LogP contribution is -2.50. The maximum atomic E-state index is 4.79. The highest BCUT2D eigenvalue weighted by Gasteiger charge is 2.24. The summed E-state index contributed by atoms with van der Waals surface area (Å²) in [6.45, 7) is 8.46. The van der Waals surface area contributed by atoms with Crippen molar-refractivity contribution < 1.29 is 0 Å². The number of piperazine rings is 1. The smallest absolute Gasteiger partial charge is 0.226 e. The molecule has 2 aromatic heterocycles. The minimum atomic E-state index is 0.550. The van der Waals surface area contributed by atoms with Gasteiger partial charge < -0.3 is 15.1 Å². The van der Waals surface area contributed by atoms with E-state index in [-0.39, 0.29) is 0 Å². The highest BCUT2D eigenvalue weighted by molar-refractivity contribution is 7.16. The molecule has 3 heterocycles. The Morgan fingerprint density at radius 3 is 3.00 bits per heavy atom. The molecule has 5 nitrogen and oxygen atoms in total. The van der Waals surface area contributed by atoms with E-state index in [1.165, 1.54) is 5.39 Å². The standard InChI is InChI=1S/C15H23N5S/c1-4-6-16-15-17-13(12-5-9-21-14(12)18-15)20-8-7-19(3)11(2)10-20/h5,9,11H,4,6-8,10H2,1-3H3,(H,16,17,18). The van der Waals surface area contributed by atoms with Gasteiger partial charge in [-0.2, -0.15) is 4.98 Å². The average Bonchev–Trinajstić information content (AvgIpc) is 2.95. The molecule has 6 heteroatoms. The Labute approximate surface area is 130 Å². The molecule has 1 aliphatic rings. The number of aromatic nitrogens is 2. The number of nitrogens with zero attached hydrogens (tertiary/aromatic N) is 4. The van der Waals surface area contributed by atoms with Crippen LogP contribution in [0.1, 0.15) is 20.3 Å². The van der Waals surface area contributed by atoms with Gasteiger partial charge in [0.25, 0.3) is 0 Å². The van der Waals surface area contributed by atoms with Crippen LogP contribution in [0.4, 0.5) is 11.8 Å². The van der Waals surface area contributed by atoms with Crippen LogP contribution >= 0.6 is 11.3 Å². The lowest BCUT2D eigenvalue weighted by atomic mass is 10.2. The zero-order chi connectivity index (χ0) is 14.8. The summed E-state index contributed by atoms with van der Waals surface area (Å²) in [6.07, 6.45) is 1.08. The van der Waals surface area contributed by atoms with Gasteiger partial charge in [-0.25, -0.2) is 4.98 Å². The third kappa shape index (κ3) is 2.96. The van der Waals surface area contributed by atoms with Gasteiger partial charge in [-0.15, -0.1) is 11.3 Å². The van der Waals surface area contributed by atoms with Crippen LogP contribution in [0.15, 0.2) is 11.4 Å². The molecule has 1 atom stereocenters. The van der Waals surface area contributed by atoms with Gasteiger partial charge in [0.15, 0.2) is 0 Å². The van der Waals surface area contributed by atoms with Crippen molar-refractivity contribution >= 4 is 33.3 Å². The number of hydrogen-bond donors (Lipinski definition) is 1. The van der Waals surface area contributed by atoms with Crippen LogP contribution in [0.25, 0.3) is 10.2 Å². The highest BCUT2D eigenvalue weighted by Crippen LogP contribution is 2.30. The number of hydrogen-bond acceptors (Lipinski definition) is 6. The Morgan fingerprint density at radius 2 is 2.24 bits per heavy atom. The Hall–Kier alpha value is -1.40. The molecule has 0 radical (unpaired) electrons. The van der Waals surface area contributed by atoms with E-state index < -0.39 is 0 Å². The van der Waals surface area contributed by atoms with Gasteiger partial charge in [0, 0.05) is 32.2 Å². The van der Waals surface area contributed by atoms with E-state index in [1.54, 1.807) is 11.3 Å². The van der Waals surface area contributed by atoms with Crippen LogP contribution in [0.2, 0.25) is 0 Å². The largest absolute Gasteiger partial charge is 0.354 e. The van der Waals surface area contributed by atoms with Crippen molar-refractivity contribution in [1.29, 1.82) is 0 Å². The minimum Gasteiger partial charge on any atom is -0.354 e. The van der Waals surface area contributed by atoms with Gasteiger partial charge in [0.1, 0.15) is 10.6 Å². The number of thiophene rings is 1. The lowest BCUT2D eigenvalue weighted by Gasteiger charge is -2.38. The van der Waals surface area contributed by atoms with Crippen LogP contribution in [-0.2, 0) is 0 Å². The lowest BCUT2D eigenvalue weighted by molar-refractivity contribution is 0.233. The first-order valence-electron chi connectivity index (χ1n) is 7.63. The van der Waals surface area contributed by atoms with Crippen molar-refractivity contribution in [1.82, 2.24) is 14.9 Å². The molecule has 0 amide bonds. The molecule has 0 bridgehead atoms. The van der Waals surface area contributed by atoms with Crippen molar-refractivity contribution in [2.45, 2.75) is 26.3 Å². The number of rotatable bonds is 4. The maximum absolute atomic E-state index is 4.79. The van der Waals surface area contributed by atoms with E-state index in [0.29, 0.717) is 6.04 Å². The average molecular weight is 305 g/mol. The predicted molar refractivity (Wildman–Crippen MR) is 90.5 cm³/mol. The zero-order valence-electron chi connectivity index (χ0n) is 13.0. The molecule has 1 aliphatic heterocycles. The third-order valence-corrected chi connectivity index (χ3v) is 4.90. The SMILES string of the molecule is CCCNc1nc(N2CCN(C)C(C)C2)c2ccsc2n1. The number of likely N-dealkylation sites (N-methyl/N-ethyl adjacent to an activating group) is 1. The fourth-order valence-electron chi connectivity index (χ4n) is 2.64. The Bertz CT molecular complexity index is 611. The molecular formula is C15H23N5S. The molecule has 1 N–H and O–H groups in total. The van der Waals surface area contributed by atoms with Crippen LogP contribution in [0.5, 0.6) is 0 Å². The first kappa shape index (κ1) is 14.5. The Balaban J connectivity index is 1.94. The van der Waals surface area contributed by atoms with Gasteiger partial charge in [-0.3, -0.25) is 0 Å². The van der Waals surface area contributed by atoms with E-state index in [2.05, 4.69) is 52.4 Å². The first-order valence-corrected chi connectivity index (χ1v) is 8.51. The first-order chi connectivity index (χ1) is 10.2. The summed E-state index contributed by atoms with van der Waals surface area (Å²) in [6, 6.07) is 2.69. The number of anilines is 2. The maximum Gasteiger partial charge on any atom is 0.226 e. The predicted octanol–water partition coefficient (Wildman–Crippen LogP) is 2.65. The van der Waals surface area contributed by atoms with E-state index in [0.717, 1.165) is 49.2 Å². The fraction of sp³-hybridized carbons (Fsp3) is 0.600. The van der Waals surface area contributed by atoms with E-state index in [9.17, 15) is 0 Å². The molecule has 1 fully saturated rings. The molecule has 0 saturated carbocycles. The number of fused-ring (bicyclic) bond motifs is 1. The molecule has 1 unspecified atom stereocenters. The molecule has 0 aliphatic carbocycles. The second-order valence-electron chi connectivity index (χ2n) is 5.71. The summed E-state index contributed by atoms with van der Waals surface area (Å²) >= 11 is 1.69. The summed E-state index contributed by atoms with van der Waals surface area (Å²) in [5.74, 6) is 1.84. The van der Waals surface area contributed by atoms with Crippen LogP contribution in [-0.4, -0.2) is 54.1 Å². The van der Waals surface area contributed by atoms with E-state index in [1.807, 2.05) is 0 Å². The fourth-order valence-corrected chi connectivity index (χ4v) is 3.40. The van der Waals surface area contributed by atoms with Gasteiger partial charge in [-0.1, -0.05) is 6.92 Å².